The first-order chi connectivity index (χ1) is 23.7. The van der Waals surface area contributed by atoms with Crippen LogP contribution >= 0.6 is 34.8 Å². The van der Waals surface area contributed by atoms with Crippen LogP contribution in [-0.2, 0) is 35.0 Å². The fourth-order valence-corrected chi connectivity index (χ4v) is 5.04. The maximum atomic E-state index is 13.6. The lowest BCUT2D eigenvalue weighted by atomic mass is 9.91. The average molecular weight is 752 g/mol. The number of ether oxygens (including phenoxy) is 6. The van der Waals surface area contributed by atoms with Crippen molar-refractivity contribution < 1.29 is 52.4 Å². The number of hydrogen-bond donors (Lipinski definition) is 1. The van der Waals surface area contributed by atoms with E-state index in [0.717, 1.165) is 5.56 Å². The number of cyclic esters (lactones) is 2. The molecule has 0 bridgehead atoms. The molecule has 0 aliphatic carbocycles. The highest BCUT2D eigenvalue weighted by atomic mass is 35.6. The lowest BCUT2D eigenvalue weighted by molar-refractivity contribution is -0.176. The van der Waals surface area contributed by atoms with Crippen LogP contribution in [0.15, 0.2) is 66.9 Å². The normalized spacial score (nSPS) is 19.5. The summed E-state index contributed by atoms with van der Waals surface area (Å²) in [5.74, 6) is -6.12. The fourth-order valence-electron chi connectivity index (χ4n) is 4.77. The van der Waals surface area contributed by atoms with Crippen LogP contribution in [0, 0.1) is 11.8 Å². The fraction of sp³-hybridized carbons (Fsp3) is 0.353. The topological polar surface area (TPSA) is 166 Å². The van der Waals surface area contributed by atoms with Gasteiger partial charge in [-0.25, -0.2) is 14.6 Å². The van der Waals surface area contributed by atoms with E-state index in [4.69, 9.17) is 63.2 Å². The van der Waals surface area contributed by atoms with E-state index < -0.39 is 76.1 Å². The van der Waals surface area contributed by atoms with Crippen molar-refractivity contribution in [2.45, 2.75) is 49.4 Å². The summed E-state index contributed by atoms with van der Waals surface area (Å²) in [5, 5.41) is 2.43. The number of carbonyl (C=O) groups excluding carboxylic acids is 5. The van der Waals surface area contributed by atoms with Crippen LogP contribution in [0.25, 0.3) is 0 Å². The Morgan fingerprint density at radius 1 is 1.00 bits per heavy atom. The van der Waals surface area contributed by atoms with Crippen molar-refractivity contribution in [3.05, 3.63) is 83.7 Å². The Balaban J connectivity index is 1.57. The largest absolute Gasteiger partial charge is 0.493 e. The quantitative estimate of drug-likeness (QED) is 0.167. The van der Waals surface area contributed by atoms with Crippen LogP contribution in [-0.4, -0.2) is 70.7 Å². The van der Waals surface area contributed by atoms with Gasteiger partial charge in [-0.15, -0.1) is 0 Å². The number of amides is 1. The number of benzene rings is 2. The van der Waals surface area contributed by atoms with Gasteiger partial charge in [-0.05, 0) is 78.0 Å². The van der Waals surface area contributed by atoms with Crippen LogP contribution < -0.4 is 19.5 Å². The summed E-state index contributed by atoms with van der Waals surface area (Å²) in [6.07, 6.45) is -0.994. The van der Waals surface area contributed by atoms with Gasteiger partial charge in [0.05, 0.1) is 18.6 Å². The second kappa shape index (κ2) is 16.9. The van der Waals surface area contributed by atoms with Crippen molar-refractivity contribution >= 4 is 64.6 Å². The van der Waals surface area contributed by atoms with E-state index in [0.29, 0.717) is 0 Å². The molecule has 16 heteroatoms. The van der Waals surface area contributed by atoms with Gasteiger partial charge >= 0.3 is 27.9 Å². The van der Waals surface area contributed by atoms with Crippen molar-refractivity contribution in [3.8, 4) is 17.2 Å². The van der Waals surface area contributed by atoms with Crippen LogP contribution in [0.1, 0.15) is 47.2 Å². The zero-order valence-electron chi connectivity index (χ0n) is 27.2. The first kappa shape index (κ1) is 38.2. The SMILES string of the molecule is COc1ccnc(C(=O)NC2COC(=O)C(Cc3ccccc3)C(OC(=O)C(C)C)C(C)OC2=O)c1OC(=O)c1ccc(OC(Cl)(Cl)Cl)cc1. The smallest absolute Gasteiger partial charge is 0.343 e. The molecule has 1 aliphatic heterocycles. The molecule has 2 heterocycles. The van der Waals surface area contributed by atoms with Gasteiger partial charge in [-0.2, -0.15) is 0 Å². The Morgan fingerprint density at radius 3 is 2.30 bits per heavy atom. The summed E-state index contributed by atoms with van der Waals surface area (Å²) < 4.78 is 30.7. The second-order valence-corrected chi connectivity index (χ2v) is 13.5. The van der Waals surface area contributed by atoms with Gasteiger partial charge in [0.1, 0.15) is 24.4 Å². The molecule has 1 N–H and O–H groups in total. The van der Waals surface area contributed by atoms with E-state index in [1.807, 2.05) is 6.07 Å². The highest BCUT2D eigenvalue weighted by Crippen LogP contribution is 2.32. The maximum absolute atomic E-state index is 13.6. The third-order valence-corrected chi connectivity index (χ3v) is 7.52. The molecule has 2 aromatic carbocycles. The van der Waals surface area contributed by atoms with E-state index in [1.165, 1.54) is 50.6 Å². The van der Waals surface area contributed by atoms with Crippen molar-refractivity contribution in [2.75, 3.05) is 13.7 Å². The lowest BCUT2D eigenvalue weighted by Gasteiger charge is -2.29. The molecule has 4 unspecified atom stereocenters. The van der Waals surface area contributed by atoms with Gasteiger partial charge in [0.25, 0.3) is 5.91 Å². The summed E-state index contributed by atoms with van der Waals surface area (Å²) in [6, 6.07) is 14.2. The van der Waals surface area contributed by atoms with Gasteiger partial charge in [-0.3, -0.25) is 14.4 Å². The summed E-state index contributed by atoms with van der Waals surface area (Å²) >= 11 is 16.9. The Morgan fingerprint density at radius 2 is 1.68 bits per heavy atom. The molecule has 1 aliphatic rings. The molecular weight excluding hydrogens is 719 g/mol. The first-order valence-corrected chi connectivity index (χ1v) is 16.3. The molecule has 0 spiro atoms. The minimum absolute atomic E-state index is 0.0254. The third-order valence-electron chi connectivity index (χ3n) is 7.29. The average Bonchev–Trinajstić information content (AvgIpc) is 3.10. The number of halogens is 3. The molecule has 1 saturated heterocycles. The van der Waals surface area contributed by atoms with E-state index in [-0.39, 0.29) is 29.2 Å². The predicted octanol–water partition coefficient (Wildman–Crippen LogP) is 5.03. The van der Waals surface area contributed by atoms with Gasteiger partial charge in [0, 0.05) is 12.3 Å². The minimum Gasteiger partial charge on any atom is -0.493 e. The number of rotatable bonds is 10. The van der Waals surface area contributed by atoms with Crippen molar-refractivity contribution in [1.82, 2.24) is 10.3 Å². The standard InChI is InChI=1S/C34H33Cl3N2O11/c1-18(2)30(41)48-27-19(3)47-33(44)24(17-46-32(43)23(27)16-20-8-6-5-7-9-20)39-29(40)26-28(25(45-4)14-15-38-26)49-31(42)21-10-12-22(13-11-21)50-34(35,36)37/h5-15,18-19,23-24,27H,16-17H2,1-4H3,(H,39,40). The molecule has 4 atom stereocenters. The van der Waals surface area contributed by atoms with Crippen LogP contribution in [0.5, 0.6) is 17.2 Å². The molecule has 1 amide bonds. The molecule has 50 heavy (non-hydrogen) atoms. The lowest BCUT2D eigenvalue weighted by Crippen LogP contribution is -2.47. The Kier molecular flexibility index (Phi) is 12.9. The molecule has 0 saturated carbocycles. The number of pyridine rings is 1. The summed E-state index contributed by atoms with van der Waals surface area (Å²) in [4.78, 5) is 70.3. The first-order valence-electron chi connectivity index (χ1n) is 15.2. The van der Waals surface area contributed by atoms with E-state index in [9.17, 15) is 24.0 Å². The third kappa shape index (κ3) is 10.2. The number of carbonyl (C=O) groups is 5. The maximum Gasteiger partial charge on any atom is 0.343 e. The van der Waals surface area contributed by atoms with Crippen LogP contribution in [0.3, 0.4) is 0 Å². The zero-order valence-corrected chi connectivity index (χ0v) is 29.5. The molecule has 4 rings (SSSR count). The van der Waals surface area contributed by atoms with Gasteiger partial charge < -0.3 is 33.7 Å². The summed E-state index contributed by atoms with van der Waals surface area (Å²) in [5.41, 5.74) is 0.338. The highest BCUT2D eigenvalue weighted by Gasteiger charge is 2.42. The predicted molar refractivity (Wildman–Crippen MR) is 179 cm³/mol. The molecule has 266 valence electrons. The Bertz CT molecular complexity index is 1700. The number of nitrogens with zero attached hydrogens (tertiary/aromatic N) is 1. The molecular formula is C34H33Cl3N2O11. The molecule has 1 fully saturated rings. The van der Waals surface area contributed by atoms with Gasteiger partial charge in [0.15, 0.2) is 23.6 Å². The van der Waals surface area contributed by atoms with E-state index >= 15 is 0 Å². The number of alkyl halides is 3. The molecule has 3 aromatic rings. The summed E-state index contributed by atoms with van der Waals surface area (Å²) in [6.45, 7) is 4.10. The van der Waals surface area contributed by atoms with Gasteiger partial charge in [-0.1, -0.05) is 44.2 Å². The van der Waals surface area contributed by atoms with Crippen molar-refractivity contribution in [1.29, 1.82) is 0 Å². The monoisotopic (exact) mass is 750 g/mol. The molecule has 13 nitrogen and oxygen atoms in total. The zero-order chi connectivity index (χ0) is 36.6. The Hall–Kier alpha value is -4.59. The van der Waals surface area contributed by atoms with Crippen LogP contribution in [0.2, 0.25) is 0 Å². The molecule has 1 aromatic heterocycles. The number of aromatic nitrogens is 1. The number of hydrogen-bond acceptors (Lipinski definition) is 12. The highest BCUT2D eigenvalue weighted by molar-refractivity contribution is 6.66. The van der Waals surface area contributed by atoms with Crippen molar-refractivity contribution in [3.63, 3.8) is 0 Å². The van der Waals surface area contributed by atoms with Gasteiger partial charge in [0.2, 0.25) is 5.75 Å². The van der Waals surface area contributed by atoms with Crippen LogP contribution in [0.4, 0.5) is 0 Å². The minimum atomic E-state index is -2.03. The molecule has 0 radical (unpaired) electrons. The van der Waals surface area contributed by atoms with E-state index in [2.05, 4.69) is 10.3 Å². The number of esters is 4. The van der Waals surface area contributed by atoms with Crippen molar-refractivity contribution in [2.24, 2.45) is 11.8 Å². The van der Waals surface area contributed by atoms with E-state index in [1.54, 1.807) is 38.1 Å². The number of methoxy groups -OCH3 is 1. The summed E-state index contributed by atoms with van der Waals surface area (Å²) in [7, 11) is 1.28. The Labute approximate surface area is 302 Å². The number of nitrogens with one attached hydrogen (secondary N) is 1. The second-order valence-electron chi connectivity index (χ2n) is 11.3.